The number of benzene rings is 1. The number of carbonyl (C=O) groups excluding carboxylic acids is 2. The van der Waals surface area contributed by atoms with Crippen molar-refractivity contribution in [1.82, 2.24) is 15.2 Å². The largest absolute Gasteiger partial charge is 0.362 e. The lowest BCUT2D eigenvalue weighted by Gasteiger charge is -2.39. The highest BCUT2D eigenvalue weighted by Gasteiger charge is 2.40. The first-order chi connectivity index (χ1) is 11.0. The topological polar surface area (TPSA) is 71.5 Å². The summed E-state index contributed by atoms with van der Waals surface area (Å²) in [5, 5.41) is 3.50. The van der Waals surface area contributed by atoms with E-state index in [0.29, 0.717) is 18.7 Å². The van der Waals surface area contributed by atoms with Crippen LogP contribution >= 0.6 is 0 Å². The molecule has 0 unspecified atom stereocenters. The smallest absolute Gasteiger partial charge is 0.255 e. The molecule has 2 amide bonds. The first-order valence-electron chi connectivity index (χ1n) is 7.54. The van der Waals surface area contributed by atoms with Gasteiger partial charge in [-0.05, 0) is 19.1 Å². The Morgan fingerprint density at radius 2 is 2.13 bits per heavy atom. The van der Waals surface area contributed by atoms with Crippen molar-refractivity contribution in [2.75, 3.05) is 26.7 Å². The van der Waals surface area contributed by atoms with E-state index in [4.69, 9.17) is 4.74 Å². The third kappa shape index (κ3) is 2.90. The summed E-state index contributed by atoms with van der Waals surface area (Å²) >= 11 is 0. The van der Waals surface area contributed by atoms with Gasteiger partial charge in [0, 0.05) is 25.2 Å². The highest BCUT2D eigenvalue weighted by molar-refractivity contribution is 5.98. The molecule has 6 heteroatoms. The quantitative estimate of drug-likeness (QED) is 0.905. The molecular formula is C17H19N3O3. The van der Waals surface area contributed by atoms with Crippen LogP contribution < -0.4 is 5.32 Å². The molecule has 0 bridgehead atoms. The molecule has 1 aliphatic rings. The van der Waals surface area contributed by atoms with Gasteiger partial charge in [-0.1, -0.05) is 18.2 Å². The number of rotatable bonds is 2. The van der Waals surface area contributed by atoms with Crippen LogP contribution in [0.1, 0.15) is 17.3 Å². The summed E-state index contributed by atoms with van der Waals surface area (Å²) in [5.41, 5.74) is 0.346. The molecule has 0 radical (unpaired) electrons. The van der Waals surface area contributed by atoms with Crippen molar-refractivity contribution < 1.29 is 14.3 Å². The van der Waals surface area contributed by atoms with Gasteiger partial charge in [0.1, 0.15) is 0 Å². The zero-order valence-corrected chi connectivity index (χ0v) is 13.2. The van der Waals surface area contributed by atoms with Crippen LogP contribution in [0.5, 0.6) is 0 Å². The van der Waals surface area contributed by atoms with E-state index in [1.54, 1.807) is 25.1 Å². The third-order valence-electron chi connectivity index (χ3n) is 4.11. The van der Waals surface area contributed by atoms with E-state index in [-0.39, 0.29) is 18.4 Å². The molecule has 0 aliphatic carbocycles. The van der Waals surface area contributed by atoms with E-state index in [1.807, 2.05) is 30.3 Å². The predicted octanol–water partition coefficient (Wildman–Crippen LogP) is 1.21. The van der Waals surface area contributed by atoms with Crippen molar-refractivity contribution in [2.45, 2.75) is 12.5 Å². The molecule has 0 spiro atoms. The molecule has 1 aliphatic heterocycles. The molecule has 1 fully saturated rings. The van der Waals surface area contributed by atoms with Crippen molar-refractivity contribution in [1.29, 1.82) is 0 Å². The maximum absolute atomic E-state index is 12.7. The summed E-state index contributed by atoms with van der Waals surface area (Å²) in [5.74, 6) is -0.367. The van der Waals surface area contributed by atoms with Gasteiger partial charge in [-0.3, -0.25) is 14.6 Å². The van der Waals surface area contributed by atoms with Crippen molar-refractivity contribution in [3.8, 4) is 0 Å². The highest BCUT2D eigenvalue weighted by Crippen LogP contribution is 2.21. The van der Waals surface area contributed by atoms with E-state index >= 15 is 0 Å². The second-order valence-electron chi connectivity index (χ2n) is 5.80. The molecule has 0 saturated carbocycles. The third-order valence-corrected chi connectivity index (χ3v) is 4.11. The van der Waals surface area contributed by atoms with Crippen LogP contribution in [0, 0.1) is 0 Å². The number of fused-ring (bicyclic) bond motifs is 1. The molecule has 3 rings (SSSR count). The summed E-state index contributed by atoms with van der Waals surface area (Å²) in [6.07, 6.45) is 1.58. The maximum atomic E-state index is 12.7. The zero-order valence-electron chi connectivity index (χ0n) is 13.2. The van der Waals surface area contributed by atoms with Crippen LogP contribution in [0.2, 0.25) is 0 Å². The van der Waals surface area contributed by atoms with Crippen LogP contribution in [0.25, 0.3) is 10.9 Å². The summed E-state index contributed by atoms with van der Waals surface area (Å²) in [6, 6.07) is 9.48. The van der Waals surface area contributed by atoms with Crippen LogP contribution in [0.3, 0.4) is 0 Å². The van der Waals surface area contributed by atoms with Crippen molar-refractivity contribution in [3.63, 3.8) is 0 Å². The Kier molecular flexibility index (Phi) is 4.00. The number of ether oxygens (including phenoxy) is 1. The minimum Gasteiger partial charge on any atom is -0.362 e. The Bertz CT molecular complexity index is 762. The van der Waals surface area contributed by atoms with Gasteiger partial charge in [0.25, 0.3) is 11.8 Å². The van der Waals surface area contributed by atoms with Gasteiger partial charge in [0.15, 0.2) is 5.60 Å². The normalized spacial score (nSPS) is 21.2. The highest BCUT2D eigenvalue weighted by atomic mass is 16.5. The van der Waals surface area contributed by atoms with E-state index in [2.05, 4.69) is 10.3 Å². The number of carbonyl (C=O) groups is 2. The number of hydrogen-bond acceptors (Lipinski definition) is 4. The molecule has 23 heavy (non-hydrogen) atoms. The Balaban J connectivity index is 1.85. The van der Waals surface area contributed by atoms with Crippen molar-refractivity contribution in [3.05, 3.63) is 42.1 Å². The molecule has 2 aromatic rings. The lowest BCUT2D eigenvalue weighted by molar-refractivity contribution is -0.153. The molecule has 120 valence electrons. The van der Waals surface area contributed by atoms with Crippen LogP contribution in [0.4, 0.5) is 0 Å². The number of aromatic nitrogens is 1. The lowest BCUT2D eigenvalue weighted by Crippen LogP contribution is -2.58. The molecule has 1 atom stereocenters. The maximum Gasteiger partial charge on any atom is 0.255 e. The number of pyridine rings is 1. The molecule has 6 nitrogen and oxygen atoms in total. The number of hydrogen-bond donors (Lipinski definition) is 1. The monoisotopic (exact) mass is 313 g/mol. The summed E-state index contributed by atoms with van der Waals surface area (Å²) in [7, 11) is 1.56. The average Bonchev–Trinajstić information content (AvgIpc) is 2.60. The Morgan fingerprint density at radius 1 is 1.35 bits per heavy atom. The number of para-hydroxylation sites is 1. The van der Waals surface area contributed by atoms with E-state index in [0.717, 1.165) is 10.9 Å². The standard InChI is InChI=1S/C17H19N3O3/c1-17(16(22)18-2)11-20(7-8-23-17)15(21)13-9-12-5-3-4-6-14(12)19-10-13/h3-6,9-10H,7-8,11H2,1-2H3,(H,18,22)/t17-/m0/s1. The first-order valence-corrected chi connectivity index (χ1v) is 7.54. The SMILES string of the molecule is CNC(=O)[C@]1(C)CN(C(=O)c2cnc3ccccc3c2)CCO1. The second-order valence-corrected chi connectivity index (χ2v) is 5.80. The summed E-state index contributed by atoms with van der Waals surface area (Å²) in [4.78, 5) is 30.7. The number of nitrogens with one attached hydrogen (secondary N) is 1. The van der Waals surface area contributed by atoms with Gasteiger partial charge >= 0.3 is 0 Å². The van der Waals surface area contributed by atoms with Gasteiger partial charge < -0.3 is 15.0 Å². The Morgan fingerprint density at radius 3 is 2.91 bits per heavy atom. The lowest BCUT2D eigenvalue weighted by atomic mass is 10.0. The first kappa shape index (κ1) is 15.4. The van der Waals surface area contributed by atoms with E-state index < -0.39 is 5.60 Å². The molecule has 1 saturated heterocycles. The average molecular weight is 313 g/mol. The fourth-order valence-electron chi connectivity index (χ4n) is 2.82. The number of nitrogens with zero attached hydrogens (tertiary/aromatic N) is 2. The van der Waals surface area contributed by atoms with Gasteiger partial charge in [0.2, 0.25) is 0 Å². The van der Waals surface area contributed by atoms with Gasteiger partial charge in [-0.25, -0.2) is 0 Å². The molecule has 1 N–H and O–H groups in total. The van der Waals surface area contributed by atoms with Gasteiger partial charge in [-0.15, -0.1) is 0 Å². The van der Waals surface area contributed by atoms with Gasteiger partial charge in [-0.2, -0.15) is 0 Å². The van der Waals surface area contributed by atoms with E-state index in [1.165, 1.54) is 0 Å². The molecule has 2 heterocycles. The van der Waals surface area contributed by atoms with Crippen molar-refractivity contribution in [2.24, 2.45) is 0 Å². The van der Waals surface area contributed by atoms with Gasteiger partial charge in [0.05, 0.1) is 24.2 Å². The minimum absolute atomic E-state index is 0.137. The number of amides is 2. The summed E-state index contributed by atoms with van der Waals surface area (Å²) in [6.45, 7) is 2.71. The number of morpholine rings is 1. The Labute approximate surface area is 134 Å². The Hall–Kier alpha value is -2.47. The predicted molar refractivity (Wildman–Crippen MR) is 86.1 cm³/mol. The number of likely N-dealkylation sites (N-methyl/N-ethyl adjacent to an activating group) is 1. The van der Waals surface area contributed by atoms with Crippen molar-refractivity contribution >= 4 is 22.7 Å². The minimum atomic E-state index is -1.02. The fraction of sp³-hybridized carbons (Fsp3) is 0.353. The summed E-state index contributed by atoms with van der Waals surface area (Å²) < 4.78 is 5.58. The fourth-order valence-corrected chi connectivity index (χ4v) is 2.82. The molecule has 1 aromatic heterocycles. The molecule has 1 aromatic carbocycles. The van der Waals surface area contributed by atoms with Crippen LogP contribution in [-0.4, -0.2) is 54.0 Å². The molecular weight excluding hydrogens is 294 g/mol. The zero-order chi connectivity index (χ0) is 16.4. The van der Waals surface area contributed by atoms with Crippen LogP contribution in [-0.2, 0) is 9.53 Å². The second kappa shape index (κ2) is 5.96. The van der Waals surface area contributed by atoms with E-state index in [9.17, 15) is 9.59 Å². The van der Waals surface area contributed by atoms with Crippen LogP contribution in [0.15, 0.2) is 36.5 Å².